The first-order valence-electron chi connectivity index (χ1n) is 7.32. The Morgan fingerprint density at radius 3 is 2.21 bits per heavy atom. The highest BCUT2D eigenvalue weighted by Crippen LogP contribution is 2.46. The monoisotopic (exact) mass is 252 g/mol. The predicted octanol–water partition coefficient (Wildman–Crippen LogP) is 4.33. The van der Waals surface area contributed by atoms with Gasteiger partial charge in [-0.1, -0.05) is 48.5 Å². The molecule has 2 aromatic carbocycles. The van der Waals surface area contributed by atoms with Crippen LogP contribution in [-0.4, -0.2) is 13.1 Å². The van der Waals surface area contributed by atoms with Crippen molar-refractivity contribution in [1.82, 2.24) is 4.48 Å². The summed E-state index contributed by atoms with van der Waals surface area (Å²) in [6, 6.07) is 20.6. The SMILES string of the molecule is CC[N+]1(CC)c2ccccc2C[C@@H]1c1ccccc1. The number of fused-ring (bicyclic) bond motifs is 1. The van der Waals surface area contributed by atoms with E-state index in [9.17, 15) is 0 Å². The van der Waals surface area contributed by atoms with E-state index < -0.39 is 0 Å². The minimum atomic E-state index is 0.577. The van der Waals surface area contributed by atoms with Crippen molar-refractivity contribution in [2.75, 3.05) is 13.1 Å². The molecule has 1 heteroatoms. The molecule has 0 radical (unpaired) electrons. The molecule has 0 spiro atoms. The fourth-order valence-corrected chi connectivity index (χ4v) is 3.75. The van der Waals surface area contributed by atoms with Crippen molar-refractivity contribution >= 4 is 5.69 Å². The lowest BCUT2D eigenvalue weighted by molar-refractivity contribution is 0.241. The first kappa shape index (κ1) is 12.4. The quantitative estimate of drug-likeness (QED) is 0.713. The summed E-state index contributed by atoms with van der Waals surface area (Å²) in [4.78, 5) is 0. The summed E-state index contributed by atoms with van der Waals surface area (Å²) in [5.41, 5.74) is 4.53. The van der Waals surface area contributed by atoms with Crippen LogP contribution in [0.15, 0.2) is 54.6 Å². The van der Waals surface area contributed by atoms with Crippen LogP contribution in [0.25, 0.3) is 0 Å². The fourth-order valence-electron chi connectivity index (χ4n) is 3.75. The molecule has 1 atom stereocenters. The topological polar surface area (TPSA) is 0 Å². The number of likely N-dealkylation sites (N-methyl/N-ethyl adjacent to an activating group) is 1. The second-order valence-corrected chi connectivity index (χ2v) is 5.43. The van der Waals surface area contributed by atoms with Gasteiger partial charge in [0.2, 0.25) is 0 Å². The molecule has 2 aromatic rings. The Labute approximate surface area is 116 Å². The van der Waals surface area contributed by atoms with Crippen molar-refractivity contribution in [2.45, 2.75) is 26.3 Å². The molecule has 1 nitrogen and oxygen atoms in total. The summed E-state index contributed by atoms with van der Waals surface area (Å²) in [6.45, 7) is 6.96. The molecular weight excluding hydrogens is 230 g/mol. The van der Waals surface area contributed by atoms with E-state index >= 15 is 0 Å². The zero-order chi connectivity index (χ0) is 13.3. The normalized spacial score (nSPS) is 20.2. The molecule has 0 unspecified atom stereocenters. The third kappa shape index (κ3) is 1.81. The Hall–Kier alpha value is -1.60. The lowest BCUT2D eigenvalue weighted by Crippen LogP contribution is -2.49. The molecule has 0 saturated heterocycles. The molecule has 1 heterocycles. The highest BCUT2D eigenvalue weighted by atomic mass is 15.4. The van der Waals surface area contributed by atoms with E-state index in [4.69, 9.17) is 0 Å². The maximum absolute atomic E-state index is 2.32. The van der Waals surface area contributed by atoms with Gasteiger partial charge in [0.15, 0.2) is 0 Å². The summed E-state index contributed by atoms with van der Waals surface area (Å²) in [7, 11) is 0. The molecule has 0 aromatic heterocycles. The zero-order valence-electron chi connectivity index (χ0n) is 11.8. The number of para-hydroxylation sites is 1. The highest BCUT2D eigenvalue weighted by molar-refractivity contribution is 5.57. The molecule has 0 aliphatic carbocycles. The molecule has 19 heavy (non-hydrogen) atoms. The van der Waals surface area contributed by atoms with Crippen LogP contribution in [0.4, 0.5) is 5.69 Å². The predicted molar refractivity (Wildman–Crippen MR) is 82.2 cm³/mol. The standard InChI is InChI=1S/C18H22N/c1-3-19(4-2)17-13-9-8-12-16(17)14-18(19)15-10-6-5-7-11-15/h5-13,18H,3-4,14H2,1-2H3/q+1/t18-/m1/s1. The summed E-state index contributed by atoms with van der Waals surface area (Å²) < 4.78 is 1.10. The van der Waals surface area contributed by atoms with Crippen LogP contribution < -0.4 is 4.48 Å². The molecule has 1 aliphatic rings. The maximum Gasteiger partial charge on any atom is 0.136 e. The van der Waals surface area contributed by atoms with Crippen LogP contribution in [0.1, 0.15) is 31.0 Å². The molecule has 3 rings (SSSR count). The minimum absolute atomic E-state index is 0.577. The first-order chi connectivity index (χ1) is 9.31. The number of quaternary nitrogens is 1. The smallest absolute Gasteiger partial charge is 0.136 e. The van der Waals surface area contributed by atoms with Gasteiger partial charge in [0.05, 0.1) is 13.1 Å². The summed E-state index contributed by atoms with van der Waals surface area (Å²) in [6.07, 6.45) is 1.17. The summed E-state index contributed by atoms with van der Waals surface area (Å²) in [5, 5.41) is 0. The Morgan fingerprint density at radius 1 is 0.895 bits per heavy atom. The minimum Gasteiger partial charge on any atom is -0.285 e. The third-order valence-corrected chi connectivity index (χ3v) is 4.79. The molecule has 0 saturated carbocycles. The lowest BCUT2D eigenvalue weighted by atomic mass is 10.0. The van der Waals surface area contributed by atoms with Crippen LogP contribution in [-0.2, 0) is 6.42 Å². The van der Waals surface area contributed by atoms with Crippen molar-refractivity contribution in [2.24, 2.45) is 0 Å². The second kappa shape index (κ2) is 4.82. The van der Waals surface area contributed by atoms with Crippen LogP contribution in [0.5, 0.6) is 0 Å². The first-order valence-corrected chi connectivity index (χ1v) is 7.32. The van der Waals surface area contributed by atoms with Crippen molar-refractivity contribution in [3.63, 3.8) is 0 Å². The number of hydrogen-bond acceptors (Lipinski definition) is 0. The van der Waals surface area contributed by atoms with E-state index in [1.807, 2.05) is 0 Å². The van der Waals surface area contributed by atoms with Gasteiger partial charge in [0.25, 0.3) is 0 Å². The van der Waals surface area contributed by atoms with E-state index in [2.05, 4.69) is 68.4 Å². The zero-order valence-corrected chi connectivity index (χ0v) is 11.8. The Bertz CT molecular complexity index is 555. The third-order valence-electron chi connectivity index (χ3n) is 4.79. The average molecular weight is 252 g/mol. The maximum atomic E-state index is 2.32. The molecule has 1 aliphatic heterocycles. The van der Waals surface area contributed by atoms with E-state index in [1.165, 1.54) is 23.2 Å². The molecule has 98 valence electrons. The molecule has 0 bridgehead atoms. The van der Waals surface area contributed by atoms with E-state index in [0.29, 0.717) is 6.04 Å². The van der Waals surface area contributed by atoms with Crippen LogP contribution >= 0.6 is 0 Å². The number of rotatable bonds is 3. The molecule has 0 fully saturated rings. The fraction of sp³-hybridized carbons (Fsp3) is 0.333. The van der Waals surface area contributed by atoms with Gasteiger partial charge in [0, 0.05) is 17.5 Å². The largest absolute Gasteiger partial charge is 0.285 e. The van der Waals surface area contributed by atoms with Gasteiger partial charge >= 0.3 is 0 Å². The molecular formula is C18H22N+. The van der Waals surface area contributed by atoms with Gasteiger partial charge < -0.3 is 0 Å². The van der Waals surface area contributed by atoms with Gasteiger partial charge in [0.1, 0.15) is 11.7 Å². The lowest BCUT2D eigenvalue weighted by Gasteiger charge is -2.39. The Balaban J connectivity index is 2.13. The Kier molecular flexibility index (Phi) is 3.16. The van der Waals surface area contributed by atoms with Crippen molar-refractivity contribution in [3.05, 3.63) is 65.7 Å². The van der Waals surface area contributed by atoms with Crippen LogP contribution in [0.3, 0.4) is 0 Å². The van der Waals surface area contributed by atoms with E-state index in [0.717, 1.165) is 17.6 Å². The number of nitrogens with zero attached hydrogens (tertiary/aromatic N) is 1. The van der Waals surface area contributed by atoms with Gasteiger partial charge in [-0.15, -0.1) is 0 Å². The van der Waals surface area contributed by atoms with Gasteiger partial charge in [-0.05, 0) is 19.9 Å². The molecule has 0 N–H and O–H groups in total. The van der Waals surface area contributed by atoms with E-state index in [-0.39, 0.29) is 0 Å². The van der Waals surface area contributed by atoms with Gasteiger partial charge in [-0.3, -0.25) is 4.48 Å². The van der Waals surface area contributed by atoms with E-state index in [1.54, 1.807) is 0 Å². The Morgan fingerprint density at radius 2 is 1.53 bits per heavy atom. The summed E-state index contributed by atoms with van der Waals surface area (Å²) >= 11 is 0. The molecule has 0 amide bonds. The van der Waals surface area contributed by atoms with Crippen molar-refractivity contribution < 1.29 is 0 Å². The van der Waals surface area contributed by atoms with Crippen LogP contribution in [0, 0.1) is 0 Å². The van der Waals surface area contributed by atoms with Crippen molar-refractivity contribution in [1.29, 1.82) is 0 Å². The number of benzene rings is 2. The second-order valence-electron chi connectivity index (χ2n) is 5.43. The van der Waals surface area contributed by atoms with Crippen molar-refractivity contribution in [3.8, 4) is 0 Å². The number of hydrogen-bond donors (Lipinski definition) is 0. The van der Waals surface area contributed by atoms with Gasteiger partial charge in [-0.2, -0.15) is 0 Å². The summed E-state index contributed by atoms with van der Waals surface area (Å²) in [5.74, 6) is 0. The van der Waals surface area contributed by atoms with Crippen LogP contribution in [0.2, 0.25) is 0 Å². The average Bonchev–Trinajstić information content (AvgIpc) is 2.83. The van der Waals surface area contributed by atoms with Gasteiger partial charge in [-0.25, -0.2) is 0 Å². The highest BCUT2D eigenvalue weighted by Gasteiger charge is 2.44.